The predicted molar refractivity (Wildman–Crippen MR) is 61.5 cm³/mol. The molecular weight excluding hydrogens is 253 g/mol. The molecule has 0 amide bonds. The molecule has 0 fully saturated rings. The van der Waals surface area contributed by atoms with E-state index in [0.717, 1.165) is 6.07 Å². The van der Waals surface area contributed by atoms with Crippen molar-refractivity contribution < 1.29 is 12.8 Å². The molecule has 1 rings (SSSR count). The van der Waals surface area contributed by atoms with Gasteiger partial charge in [0.05, 0.1) is 0 Å². The Hall–Kier alpha value is -0.650. The summed E-state index contributed by atoms with van der Waals surface area (Å²) < 4.78 is 39.2. The van der Waals surface area contributed by atoms with Crippen LogP contribution >= 0.6 is 11.6 Å². The van der Waals surface area contributed by atoms with Crippen molar-refractivity contribution in [2.75, 3.05) is 5.88 Å². The second-order valence-electron chi connectivity index (χ2n) is 3.31. The fraction of sp³-hybridized carbons (Fsp3) is 0.400. The van der Waals surface area contributed by atoms with Crippen LogP contribution in [0.15, 0.2) is 29.2 Å². The third-order valence-electron chi connectivity index (χ3n) is 2.13. The summed E-state index contributed by atoms with van der Waals surface area (Å²) in [7, 11) is -3.82. The van der Waals surface area contributed by atoms with Crippen molar-refractivity contribution in [1.29, 1.82) is 0 Å². The molecule has 1 atom stereocenters. The number of rotatable bonds is 5. The third kappa shape index (κ3) is 3.17. The van der Waals surface area contributed by atoms with Gasteiger partial charge in [0.1, 0.15) is 10.7 Å². The lowest BCUT2D eigenvalue weighted by Crippen LogP contribution is -2.36. The molecule has 1 N–H and O–H groups in total. The summed E-state index contributed by atoms with van der Waals surface area (Å²) in [4.78, 5) is -0.349. The minimum absolute atomic E-state index is 0.157. The number of halogens is 2. The van der Waals surface area contributed by atoms with Gasteiger partial charge in [-0.2, -0.15) is 0 Å². The lowest BCUT2D eigenvalue weighted by atomic mass is 10.3. The van der Waals surface area contributed by atoms with Crippen LogP contribution in [0.25, 0.3) is 0 Å². The van der Waals surface area contributed by atoms with Crippen molar-refractivity contribution in [3.63, 3.8) is 0 Å². The zero-order chi connectivity index (χ0) is 12.2. The van der Waals surface area contributed by atoms with E-state index in [2.05, 4.69) is 4.72 Å². The normalized spacial score (nSPS) is 13.7. The number of alkyl halides is 1. The van der Waals surface area contributed by atoms with Gasteiger partial charge in [-0.05, 0) is 18.6 Å². The summed E-state index contributed by atoms with van der Waals surface area (Å²) in [6.45, 7) is 1.80. The van der Waals surface area contributed by atoms with Crippen molar-refractivity contribution in [2.24, 2.45) is 0 Å². The summed E-state index contributed by atoms with van der Waals surface area (Å²) >= 11 is 5.58. The van der Waals surface area contributed by atoms with E-state index in [-0.39, 0.29) is 16.8 Å². The molecule has 0 aromatic heterocycles. The first-order valence-corrected chi connectivity index (χ1v) is 6.86. The zero-order valence-corrected chi connectivity index (χ0v) is 10.4. The van der Waals surface area contributed by atoms with Crippen LogP contribution < -0.4 is 4.72 Å². The molecule has 0 heterocycles. The zero-order valence-electron chi connectivity index (χ0n) is 8.78. The average molecular weight is 266 g/mol. The molecule has 3 nitrogen and oxygen atoms in total. The first-order valence-electron chi connectivity index (χ1n) is 4.84. The van der Waals surface area contributed by atoms with Crippen molar-refractivity contribution >= 4 is 21.6 Å². The van der Waals surface area contributed by atoms with Crippen LogP contribution in [-0.2, 0) is 10.0 Å². The molecule has 6 heteroatoms. The van der Waals surface area contributed by atoms with Crippen LogP contribution in [0.4, 0.5) is 4.39 Å². The van der Waals surface area contributed by atoms with Gasteiger partial charge in [0, 0.05) is 11.9 Å². The van der Waals surface area contributed by atoms with Gasteiger partial charge in [0.2, 0.25) is 10.0 Å². The molecular formula is C10H13ClFNO2S. The second kappa shape index (κ2) is 5.61. The highest BCUT2D eigenvalue weighted by molar-refractivity contribution is 7.89. The van der Waals surface area contributed by atoms with Crippen LogP contribution in [0.1, 0.15) is 13.3 Å². The molecule has 0 radical (unpaired) electrons. The van der Waals surface area contributed by atoms with E-state index in [1.54, 1.807) is 6.92 Å². The summed E-state index contributed by atoms with van der Waals surface area (Å²) in [5.74, 6) is -0.607. The van der Waals surface area contributed by atoms with Gasteiger partial charge in [-0.3, -0.25) is 0 Å². The lowest BCUT2D eigenvalue weighted by Gasteiger charge is -2.14. The van der Waals surface area contributed by atoms with Crippen molar-refractivity contribution in [3.05, 3.63) is 30.1 Å². The molecule has 0 bridgehead atoms. The van der Waals surface area contributed by atoms with E-state index >= 15 is 0 Å². The second-order valence-corrected chi connectivity index (χ2v) is 5.30. The summed E-state index contributed by atoms with van der Waals surface area (Å²) in [6.07, 6.45) is 0.553. The Labute approximate surface area is 99.7 Å². The molecule has 16 heavy (non-hydrogen) atoms. The Bertz CT molecular complexity index is 446. The van der Waals surface area contributed by atoms with Gasteiger partial charge < -0.3 is 0 Å². The minimum Gasteiger partial charge on any atom is -0.207 e. The van der Waals surface area contributed by atoms with Crippen molar-refractivity contribution in [3.8, 4) is 0 Å². The average Bonchev–Trinajstić information content (AvgIpc) is 2.26. The van der Waals surface area contributed by atoms with Gasteiger partial charge in [0.15, 0.2) is 0 Å². The van der Waals surface area contributed by atoms with Crippen LogP contribution in [-0.4, -0.2) is 20.3 Å². The van der Waals surface area contributed by atoms with Crippen LogP contribution in [0, 0.1) is 5.82 Å². The minimum atomic E-state index is -3.82. The van der Waals surface area contributed by atoms with Crippen molar-refractivity contribution in [1.82, 2.24) is 4.72 Å². The predicted octanol–water partition coefficient (Wildman–Crippen LogP) is 2.12. The van der Waals surface area contributed by atoms with E-state index in [9.17, 15) is 12.8 Å². The molecule has 0 saturated carbocycles. The quantitative estimate of drug-likeness (QED) is 0.829. The first-order chi connectivity index (χ1) is 7.51. The van der Waals surface area contributed by atoms with Gasteiger partial charge in [0.25, 0.3) is 0 Å². The Morgan fingerprint density at radius 2 is 2.06 bits per heavy atom. The standard InChI is InChI=1S/C10H13ClFNO2S/c1-2-8(7-11)13-16(14,15)10-6-4-3-5-9(10)12/h3-6,8,13H,2,7H2,1H3. The maximum atomic E-state index is 13.3. The Balaban J connectivity index is 2.99. The van der Waals surface area contributed by atoms with Crippen LogP contribution in [0.3, 0.4) is 0 Å². The van der Waals surface area contributed by atoms with E-state index in [1.807, 2.05) is 0 Å². The lowest BCUT2D eigenvalue weighted by molar-refractivity contribution is 0.540. The van der Waals surface area contributed by atoms with E-state index in [0.29, 0.717) is 6.42 Å². The maximum absolute atomic E-state index is 13.3. The van der Waals surface area contributed by atoms with Gasteiger partial charge in [-0.25, -0.2) is 17.5 Å². The smallest absolute Gasteiger partial charge is 0.207 e. The van der Waals surface area contributed by atoms with E-state index in [4.69, 9.17) is 11.6 Å². The Kier molecular flexibility index (Phi) is 4.70. The fourth-order valence-electron chi connectivity index (χ4n) is 1.17. The molecule has 0 aliphatic rings. The third-order valence-corrected chi connectivity index (χ3v) is 4.05. The molecule has 0 saturated heterocycles. The van der Waals surface area contributed by atoms with E-state index < -0.39 is 15.8 Å². The summed E-state index contributed by atoms with van der Waals surface area (Å²) in [5.41, 5.74) is 0. The Morgan fingerprint density at radius 1 is 1.44 bits per heavy atom. The van der Waals surface area contributed by atoms with E-state index in [1.165, 1.54) is 18.2 Å². The largest absolute Gasteiger partial charge is 0.243 e. The first kappa shape index (κ1) is 13.4. The van der Waals surface area contributed by atoms with Gasteiger partial charge in [-0.1, -0.05) is 19.1 Å². The topological polar surface area (TPSA) is 46.2 Å². The monoisotopic (exact) mass is 265 g/mol. The van der Waals surface area contributed by atoms with Crippen molar-refractivity contribution in [2.45, 2.75) is 24.3 Å². The SMILES string of the molecule is CCC(CCl)NS(=O)(=O)c1ccccc1F. The van der Waals surface area contributed by atoms with Crippen LogP contribution in [0.2, 0.25) is 0 Å². The molecule has 90 valence electrons. The highest BCUT2D eigenvalue weighted by atomic mass is 35.5. The molecule has 1 unspecified atom stereocenters. The number of hydrogen-bond acceptors (Lipinski definition) is 2. The molecule has 1 aromatic carbocycles. The molecule has 0 aliphatic heterocycles. The number of benzene rings is 1. The highest BCUT2D eigenvalue weighted by Gasteiger charge is 2.21. The number of nitrogens with one attached hydrogen (secondary N) is 1. The fourth-order valence-corrected chi connectivity index (χ4v) is 2.95. The molecule has 0 aliphatic carbocycles. The van der Waals surface area contributed by atoms with Gasteiger partial charge in [-0.15, -0.1) is 11.6 Å². The number of sulfonamides is 1. The number of hydrogen-bond donors (Lipinski definition) is 1. The summed E-state index contributed by atoms with van der Waals surface area (Å²) in [5, 5.41) is 0. The summed E-state index contributed by atoms with van der Waals surface area (Å²) in [6, 6.07) is 4.85. The van der Waals surface area contributed by atoms with Crippen LogP contribution in [0.5, 0.6) is 0 Å². The highest BCUT2D eigenvalue weighted by Crippen LogP contribution is 2.14. The maximum Gasteiger partial charge on any atom is 0.243 e. The Morgan fingerprint density at radius 3 is 2.56 bits per heavy atom. The molecule has 0 spiro atoms. The van der Waals surface area contributed by atoms with Gasteiger partial charge >= 0.3 is 0 Å². The molecule has 1 aromatic rings.